The van der Waals surface area contributed by atoms with Crippen LogP contribution < -0.4 is 15.2 Å². The molecule has 0 fully saturated rings. The zero-order chi connectivity index (χ0) is 17.3. The second-order valence-corrected chi connectivity index (χ2v) is 5.46. The molecule has 2 aromatic rings. The van der Waals surface area contributed by atoms with E-state index in [0.29, 0.717) is 28.2 Å². The molecule has 0 saturated carbocycles. The lowest BCUT2D eigenvalue weighted by atomic mass is 9.85. The Balaban J connectivity index is 2.00. The number of rotatable bonds is 4. The fraction of sp³-hybridized carbons (Fsp3) is 0.158. The smallest absolute Gasteiger partial charge is 0.209 e. The highest BCUT2D eigenvalue weighted by atomic mass is 16.5. The minimum atomic E-state index is -0.305. The molecule has 0 aliphatic heterocycles. The van der Waals surface area contributed by atoms with Gasteiger partial charge in [-0.2, -0.15) is 0 Å². The highest BCUT2D eigenvalue weighted by Crippen LogP contribution is 2.31. The van der Waals surface area contributed by atoms with Crippen molar-refractivity contribution >= 4 is 11.6 Å². The van der Waals surface area contributed by atoms with Crippen LogP contribution in [0.15, 0.2) is 53.7 Å². The van der Waals surface area contributed by atoms with Crippen LogP contribution in [-0.4, -0.2) is 25.8 Å². The zero-order valence-corrected chi connectivity index (χ0v) is 13.5. The first-order valence-electron chi connectivity index (χ1n) is 7.44. The van der Waals surface area contributed by atoms with E-state index in [-0.39, 0.29) is 23.7 Å². The average Bonchev–Trinajstić information content (AvgIpc) is 2.63. The first kappa shape index (κ1) is 15.8. The molecule has 5 heteroatoms. The van der Waals surface area contributed by atoms with Gasteiger partial charge in [-0.3, -0.25) is 9.59 Å². The Morgan fingerprint density at radius 2 is 1.50 bits per heavy atom. The molecule has 24 heavy (non-hydrogen) atoms. The van der Waals surface area contributed by atoms with Gasteiger partial charge in [-0.1, -0.05) is 30.3 Å². The number of allylic oxidation sites excluding steroid dienone is 2. The Labute approximate surface area is 139 Å². The molecule has 0 saturated heterocycles. The molecule has 2 aromatic carbocycles. The maximum atomic E-state index is 12.7. The number of Topliss-reactive ketones (excluding diaryl/α,β-unsaturated/α-hetero) is 2. The Morgan fingerprint density at radius 3 is 2.12 bits per heavy atom. The van der Waals surface area contributed by atoms with Crippen molar-refractivity contribution in [3.63, 3.8) is 0 Å². The summed E-state index contributed by atoms with van der Waals surface area (Å²) in [6, 6.07) is 12.1. The quantitative estimate of drug-likeness (QED) is 0.935. The van der Waals surface area contributed by atoms with Gasteiger partial charge < -0.3 is 15.2 Å². The lowest BCUT2D eigenvalue weighted by molar-refractivity contribution is 0.0971. The van der Waals surface area contributed by atoms with Crippen LogP contribution in [0.1, 0.15) is 26.3 Å². The van der Waals surface area contributed by atoms with Gasteiger partial charge in [0.05, 0.1) is 19.9 Å². The van der Waals surface area contributed by atoms with Crippen LogP contribution in [0.2, 0.25) is 0 Å². The molecule has 0 atom stereocenters. The van der Waals surface area contributed by atoms with Crippen LogP contribution in [0.5, 0.6) is 11.5 Å². The summed E-state index contributed by atoms with van der Waals surface area (Å²) in [5.74, 6) is 0.641. The molecule has 1 aliphatic carbocycles. The van der Waals surface area contributed by atoms with Crippen molar-refractivity contribution in [2.45, 2.75) is 6.42 Å². The van der Waals surface area contributed by atoms with Crippen molar-refractivity contribution < 1.29 is 19.1 Å². The number of methoxy groups -OCH3 is 2. The van der Waals surface area contributed by atoms with Gasteiger partial charge in [0.2, 0.25) is 5.78 Å². The van der Waals surface area contributed by atoms with Crippen LogP contribution in [-0.2, 0) is 6.42 Å². The molecule has 5 nitrogen and oxygen atoms in total. The molecule has 0 heterocycles. The first-order chi connectivity index (χ1) is 11.6. The first-order valence-corrected chi connectivity index (χ1v) is 7.44. The second kappa shape index (κ2) is 6.20. The molecule has 0 amide bonds. The topological polar surface area (TPSA) is 78.6 Å². The van der Waals surface area contributed by atoms with Gasteiger partial charge >= 0.3 is 0 Å². The number of carbonyl (C=O) groups excluding carboxylic acids is 2. The van der Waals surface area contributed by atoms with E-state index in [2.05, 4.69) is 0 Å². The Kier molecular flexibility index (Phi) is 4.08. The SMILES string of the molecule is COc1ccc(CC2=C(N)C(=O)c3ccccc3C2=O)cc1OC. The molecular weight excluding hydrogens is 306 g/mol. The number of benzene rings is 2. The molecule has 2 N–H and O–H groups in total. The van der Waals surface area contributed by atoms with Gasteiger partial charge in [0.25, 0.3) is 0 Å². The van der Waals surface area contributed by atoms with E-state index < -0.39 is 0 Å². The standard InChI is InChI=1S/C19H17NO4/c1-23-15-8-7-11(10-16(15)24-2)9-14-17(20)19(22)13-6-4-3-5-12(13)18(14)21/h3-8,10H,9,20H2,1-2H3. The van der Waals surface area contributed by atoms with Gasteiger partial charge in [-0.05, 0) is 17.7 Å². The summed E-state index contributed by atoms with van der Waals surface area (Å²) >= 11 is 0. The van der Waals surface area contributed by atoms with E-state index >= 15 is 0 Å². The van der Waals surface area contributed by atoms with Gasteiger partial charge in [-0.25, -0.2) is 0 Å². The normalized spacial score (nSPS) is 13.8. The Hall–Kier alpha value is -3.08. The molecule has 0 aromatic heterocycles. The van der Waals surface area contributed by atoms with Gasteiger partial charge in [-0.15, -0.1) is 0 Å². The fourth-order valence-electron chi connectivity index (χ4n) is 2.82. The Morgan fingerprint density at radius 1 is 0.875 bits per heavy atom. The number of hydrogen-bond acceptors (Lipinski definition) is 5. The largest absolute Gasteiger partial charge is 0.493 e. The molecule has 122 valence electrons. The molecule has 0 unspecified atom stereocenters. The number of fused-ring (bicyclic) bond motifs is 1. The molecule has 3 rings (SSSR count). The third-order valence-electron chi connectivity index (χ3n) is 4.09. The van der Waals surface area contributed by atoms with Crippen molar-refractivity contribution in [1.82, 2.24) is 0 Å². The molecule has 0 spiro atoms. The van der Waals surface area contributed by atoms with Crippen LogP contribution in [0.4, 0.5) is 0 Å². The van der Waals surface area contributed by atoms with E-state index in [0.717, 1.165) is 5.56 Å². The monoisotopic (exact) mass is 323 g/mol. The third kappa shape index (κ3) is 2.54. The molecule has 0 bridgehead atoms. The lowest BCUT2D eigenvalue weighted by Crippen LogP contribution is -2.27. The van der Waals surface area contributed by atoms with Crippen LogP contribution in [0.3, 0.4) is 0 Å². The van der Waals surface area contributed by atoms with E-state index in [9.17, 15) is 9.59 Å². The average molecular weight is 323 g/mol. The van der Waals surface area contributed by atoms with Crippen LogP contribution in [0.25, 0.3) is 0 Å². The summed E-state index contributed by atoms with van der Waals surface area (Å²) in [6.45, 7) is 0. The van der Waals surface area contributed by atoms with Crippen molar-refractivity contribution in [3.8, 4) is 11.5 Å². The van der Waals surface area contributed by atoms with Crippen molar-refractivity contribution in [2.24, 2.45) is 5.73 Å². The van der Waals surface area contributed by atoms with Crippen molar-refractivity contribution in [1.29, 1.82) is 0 Å². The van der Waals surface area contributed by atoms with E-state index in [1.54, 1.807) is 50.6 Å². The lowest BCUT2D eigenvalue weighted by Gasteiger charge is -2.19. The third-order valence-corrected chi connectivity index (χ3v) is 4.09. The van der Waals surface area contributed by atoms with Crippen LogP contribution in [0, 0.1) is 0 Å². The number of ether oxygens (including phenoxy) is 2. The molecule has 1 aliphatic rings. The van der Waals surface area contributed by atoms with Crippen LogP contribution >= 0.6 is 0 Å². The summed E-state index contributed by atoms with van der Waals surface area (Å²) in [4.78, 5) is 25.1. The van der Waals surface area contributed by atoms with Crippen molar-refractivity contribution in [3.05, 3.63) is 70.4 Å². The minimum Gasteiger partial charge on any atom is -0.493 e. The van der Waals surface area contributed by atoms with Gasteiger partial charge in [0.15, 0.2) is 17.3 Å². The maximum Gasteiger partial charge on any atom is 0.209 e. The summed E-state index contributed by atoms with van der Waals surface area (Å²) in [5.41, 5.74) is 7.84. The summed E-state index contributed by atoms with van der Waals surface area (Å²) in [7, 11) is 3.10. The molecular formula is C19H17NO4. The molecule has 0 radical (unpaired) electrons. The number of hydrogen-bond donors (Lipinski definition) is 1. The highest BCUT2D eigenvalue weighted by Gasteiger charge is 2.30. The summed E-state index contributed by atoms with van der Waals surface area (Å²) in [5, 5.41) is 0. The number of nitrogens with two attached hydrogens (primary N) is 1. The predicted molar refractivity (Wildman–Crippen MR) is 89.6 cm³/mol. The number of ketones is 2. The minimum absolute atomic E-state index is 0.00786. The van der Waals surface area contributed by atoms with E-state index in [4.69, 9.17) is 15.2 Å². The van der Waals surface area contributed by atoms with Crippen molar-refractivity contribution in [2.75, 3.05) is 14.2 Å². The fourth-order valence-corrected chi connectivity index (χ4v) is 2.82. The van der Waals surface area contributed by atoms with E-state index in [1.165, 1.54) is 0 Å². The highest BCUT2D eigenvalue weighted by molar-refractivity contribution is 6.26. The van der Waals surface area contributed by atoms with Gasteiger partial charge in [0, 0.05) is 23.1 Å². The summed E-state index contributed by atoms with van der Waals surface area (Å²) < 4.78 is 10.5. The zero-order valence-electron chi connectivity index (χ0n) is 13.5. The maximum absolute atomic E-state index is 12.7. The second-order valence-electron chi connectivity index (χ2n) is 5.46. The van der Waals surface area contributed by atoms with Gasteiger partial charge in [0.1, 0.15) is 0 Å². The van der Waals surface area contributed by atoms with E-state index in [1.807, 2.05) is 6.07 Å². The number of carbonyl (C=O) groups is 2. The summed E-state index contributed by atoms with van der Waals surface area (Å²) in [6.07, 6.45) is 0.255. The Bertz CT molecular complexity index is 867. The predicted octanol–water partition coefficient (Wildman–Crippen LogP) is 2.54.